The van der Waals surface area contributed by atoms with Crippen molar-refractivity contribution < 1.29 is 17.9 Å². The van der Waals surface area contributed by atoms with E-state index >= 15 is 0 Å². The predicted octanol–water partition coefficient (Wildman–Crippen LogP) is 1.47. The molecule has 2 aromatic rings. The number of hydrogen-bond acceptors (Lipinski definition) is 5. The fourth-order valence-electron chi connectivity index (χ4n) is 1.96. The van der Waals surface area contributed by atoms with Crippen molar-refractivity contribution >= 4 is 21.6 Å². The normalized spacial score (nSPS) is 11.0. The molecule has 0 saturated heterocycles. The Hall–Kier alpha value is -2.58. The summed E-state index contributed by atoms with van der Waals surface area (Å²) in [5, 5.41) is 0. The second-order valence-electron chi connectivity index (χ2n) is 5.25. The summed E-state index contributed by atoms with van der Waals surface area (Å²) in [7, 11) is -3.71. The number of aryl methyl sites for hydroxylation is 2. The van der Waals surface area contributed by atoms with Crippen molar-refractivity contribution in [2.45, 2.75) is 18.7 Å². The van der Waals surface area contributed by atoms with E-state index in [0.29, 0.717) is 11.4 Å². The zero-order chi connectivity index (χ0) is 17.7. The van der Waals surface area contributed by atoms with Gasteiger partial charge in [0.25, 0.3) is 15.9 Å². The average Bonchev–Trinajstić information content (AvgIpc) is 2.56. The lowest BCUT2D eigenvalue weighted by atomic mass is 10.1. The Balaban J connectivity index is 2.14. The first-order valence-electron chi connectivity index (χ1n) is 7.14. The van der Waals surface area contributed by atoms with E-state index in [4.69, 9.17) is 10.6 Å². The number of ether oxygens (including phenoxy) is 1. The highest BCUT2D eigenvalue weighted by atomic mass is 32.2. The van der Waals surface area contributed by atoms with Crippen LogP contribution in [0.4, 0.5) is 5.69 Å². The minimum absolute atomic E-state index is 0.0963. The van der Waals surface area contributed by atoms with Crippen LogP contribution in [0.1, 0.15) is 11.1 Å². The fraction of sp³-hybridized carbons (Fsp3) is 0.188. The van der Waals surface area contributed by atoms with Gasteiger partial charge in [-0.25, -0.2) is 14.3 Å². The Morgan fingerprint density at radius 3 is 2.42 bits per heavy atom. The number of carbonyl (C=O) groups is 1. The Morgan fingerprint density at radius 1 is 1.12 bits per heavy atom. The third-order valence-corrected chi connectivity index (χ3v) is 4.68. The average molecular weight is 349 g/mol. The molecule has 0 aliphatic rings. The number of hydrogen-bond donors (Lipinski definition) is 3. The second-order valence-corrected chi connectivity index (χ2v) is 6.93. The van der Waals surface area contributed by atoms with Gasteiger partial charge >= 0.3 is 0 Å². The zero-order valence-electron chi connectivity index (χ0n) is 13.4. The summed E-state index contributed by atoms with van der Waals surface area (Å²) in [5.74, 6) is 4.83. The lowest BCUT2D eigenvalue weighted by molar-refractivity contribution is -0.123. The summed E-state index contributed by atoms with van der Waals surface area (Å²) in [6, 6.07) is 11.3. The van der Waals surface area contributed by atoms with Gasteiger partial charge in [0, 0.05) is 0 Å². The highest BCUT2D eigenvalue weighted by Gasteiger charge is 2.15. The molecule has 0 aliphatic carbocycles. The van der Waals surface area contributed by atoms with E-state index in [1.807, 2.05) is 31.4 Å². The Labute approximate surface area is 140 Å². The van der Waals surface area contributed by atoms with Gasteiger partial charge in [-0.2, -0.15) is 0 Å². The number of anilines is 1. The molecule has 24 heavy (non-hydrogen) atoms. The van der Waals surface area contributed by atoms with Crippen LogP contribution < -0.4 is 20.7 Å². The van der Waals surface area contributed by atoms with Crippen LogP contribution in [0.2, 0.25) is 0 Å². The first kappa shape index (κ1) is 17.8. The van der Waals surface area contributed by atoms with Crippen LogP contribution in [0.25, 0.3) is 0 Å². The van der Waals surface area contributed by atoms with Crippen molar-refractivity contribution in [1.82, 2.24) is 5.43 Å². The van der Waals surface area contributed by atoms with Crippen LogP contribution in [-0.2, 0) is 14.8 Å². The molecule has 7 nitrogen and oxygen atoms in total. The van der Waals surface area contributed by atoms with Gasteiger partial charge in [0.1, 0.15) is 5.75 Å². The number of sulfonamides is 1. The number of nitrogens with two attached hydrogens (primary N) is 1. The SMILES string of the molecule is Cc1ccc(C)c(NS(=O)(=O)c2ccc(OCC(=O)NN)cc2)c1. The molecule has 0 heterocycles. The van der Waals surface area contributed by atoms with Gasteiger partial charge in [-0.15, -0.1) is 0 Å². The summed E-state index contributed by atoms with van der Waals surface area (Å²) < 4.78 is 32.7. The van der Waals surface area contributed by atoms with Gasteiger partial charge in [-0.05, 0) is 55.3 Å². The first-order valence-corrected chi connectivity index (χ1v) is 8.62. The molecular weight excluding hydrogens is 330 g/mol. The second kappa shape index (κ2) is 7.33. The van der Waals surface area contributed by atoms with Crippen molar-refractivity contribution in [3.63, 3.8) is 0 Å². The van der Waals surface area contributed by atoms with Gasteiger partial charge in [0.15, 0.2) is 6.61 Å². The molecule has 0 radical (unpaired) electrons. The lowest BCUT2D eigenvalue weighted by Gasteiger charge is -2.12. The molecule has 0 atom stereocenters. The highest BCUT2D eigenvalue weighted by Crippen LogP contribution is 2.22. The van der Waals surface area contributed by atoms with Crippen LogP contribution in [0.15, 0.2) is 47.4 Å². The monoisotopic (exact) mass is 349 g/mol. The Bertz CT molecular complexity index is 833. The lowest BCUT2D eigenvalue weighted by Crippen LogP contribution is -2.34. The van der Waals surface area contributed by atoms with Crippen LogP contribution >= 0.6 is 0 Å². The van der Waals surface area contributed by atoms with E-state index in [1.54, 1.807) is 6.07 Å². The van der Waals surface area contributed by atoms with Crippen LogP contribution in [-0.4, -0.2) is 20.9 Å². The summed E-state index contributed by atoms with van der Waals surface area (Å²) in [5.41, 5.74) is 4.26. The highest BCUT2D eigenvalue weighted by molar-refractivity contribution is 7.92. The number of amides is 1. The topological polar surface area (TPSA) is 111 Å². The van der Waals surface area contributed by atoms with Gasteiger partial charge < -0.3 is 4.74 Å². The standard InChI is InChI=1S/C16H19N3O4S/c1-11-3-4-12(2)15(9-11)19-24(21,22)14-7-5-13(6-8-14)23-10-16(20)18-17/h3-9,19H,10,17H2,1-2H3,(H,18,20). The minimum Gasteiger partial charge on any atom is -0.484 e. The van der Waals surface area contributed by atoms with Crippen molar-refractivity contribution in [2.24, 2.45) is 5.84 Å². The zero-order valence-corrected chi connectivity index (χ0v) is 14.2. The summed E-state index contributed by atoms with van der Waals surface area (Å²) >= 11 is 0. The van der Waals surface area contributed by atoms with Gasteiger partial charge in [-0.3, -0.25) is 14.9 Å². The molecule has 0 aliphatic heterocycles. The quantitative estimate of drug-likeness (QED) is 0.415. The maximum absolute atomic E-state index is 12.5. The van der Waals surface area contributed by atoms with E-state index in [0.717, 1.165) is 11.1 Å². The summed E-state index contributed by atoms with van der Waals surface area (Å²) in [6.07, 6.45) is 0. The van der Waals surface area contributed by atoms with E-state index in [9.17, 15) is 13.2 Å². The van der Waals surface area contributed by atoms with Gasteiger partial charge in [0.05, 0.1) is 10.6 Å². The molecule has 0 aromatic heterocycles. The number of hydrazine groups is 1. The molecule has 4 N–H and O–H groups in total. The minimum atomic E-state index is -3.71. The smallest absolute Gasteiger partial charge is 0.271 e. The van der Waals surface area contributed by atoms with E-state index in [-0.39, 0.29) is 11.5 Å². The molecular formula is C16H19N3O4S. The molecule has 8 heteroatoms. The van der Waals surface area contributed by atoms with Crippen molar-refractivity contribution in [2.75, 3.05) is 11.3 Å². The molecule has 0 spiro atoms. The number of carbonyl (C=O) groups excluding carboxylic acids is 1. The molecule has 0 saturated carbocycles. The predicted molar refractivity (Wildman–Crippen MR) is 91.0 cm³/mol. The molecule has 1 amide bonds. The van der Waals surface area contributed by atoms with Gasteiger partial charge in [-0.1, -0.05) is 12.1 Å². The van der Waals surface area contributed by atoms with Crippen LogP contribution in [0.5, 0.6) is 5.75 Å². The number of nitrogens with one attached hydrogen (secondary N) is 2. The van der Waals surface area contributed by atoms with Crippen LogP contribution in [0, 0.1) is 13.8 Å². The number of benzene rings is 2. The van der Waals surface area contributed by atoms with Crippen molar-refractivity contribution in [3.8, 4) is 5.75 Å². The molecule has 2 aromatic carbocycles. The van der Waals surface area contributed by atoms with E-state index in [1.165, 1.54) is 24.3 Å². The van der Waals surface area contributed by atoms with E-state index < -0.39 is 15.9 Å². The summed E-state index contributed by atoms with van der Waals surface area (Å²) in [6.45, 7) is 3.47. The molecule has 128 valence electrons. The summed E-state index contributed by atoms with van der Waals surface area (Å²) in [4.78, 5) is 11.1. The molecule has 0 fully saturated rings. The molecule has 2 rings (SSSR count). The molecule has 0 unspecified atom stereocenters. The van der Waals surface area contributed by atoms with Crippen molar-refractivity contribution in [1.29, 1.82) is 0 Å². The fourth-order valence-corrected chi connectivity index (χ4v) is 3.08. The van der Waals surface area contributed by atoms with E-state index in [2.05, 4.69) is 4.72 Å². The largest absolute Gasteiger partial charge is 0.484 e. The maximum atomic E-state index is 12.5. The number of rotatable bonds is 6. The third-order valence-electron chi connectivity index (χ3n) is 3.30. The Morgan fingerprint density at radius 2 is 1.79 bits per heavy atom. The van der Waals surface area contributed by atoms with Crippen LogP contribution in [0.3, 0.4) is 0 Å². The third kappa shape index (κ3) is 4.46. The molecule has 0 bridgehead atoms. The van der Waals surface area contributed by atoms with Gasteiger partial charge in [0.2, 0.25) is 0 Å². The maximum Gasteiger partial charge on any atom is 0.271 e. The van der Waals surface area contributed by atoms with Crippen molar-refractivity contribution in [3.05, 3.63) is 53.6 Å². The Kier molecular flexibility index (Phi) is 5.42. The first-order chi connectivity index (χ1) is 11.3.